The average Bonchev–Trinajstić information content (AvgIpc) is 2.30. The quantitative estimate of drug-likeness (QED) is 0.642. The van der Waals surface area contributed by atoms with Gasteiger partial charge in [-0.25, -0.2) is 4.79 Å². The lowest BCUT2D eigenvalue weighted by atomic mass is 10.0. The van der Waals surface area contributed by atoms with E-state index in [2.05, 4.69) is 10.1 Å². The Bertz CT molecular complexity index is 523. The number of ether oxygens (including phenoxy) is 1. The van der Waals surface area contributed by atoms with Gasteiger partial charge in [-0.3, -0.25) is 4.79 Å². The van der Waals surface area contributed by atoms with E-state index >= 15 is 0 Å². The fraction of sp³-hybridized carbons (Fsp3) is 0.286. The molecule has 0 aliphatic carbocycles. The van der Waals surface area contributed by atoms with Crippen LogP contribution < -0.4 is 5.32 Å². The van der Waals surface area contributed by atoms with E-state index in [0.29, 0.717) is 0 Å². The van der Waals surface area contributed by atoms with Crippen molar-refractivity contribution in [3.8, 4) is 5.75 Å². The van der Waals surface area contributed by atoms with E-state index in [1.54, 1.807) is 26.0 Å². The van der Waals surface area contributed by atoms with Crippen LogP contribution in [0.5, 0.6) is 5.75 Å². The molecule has 0 aliphatic heterocycles. The minimum absolute atomic E-state index is 0.0619. The SMILES string of the molecule is COC(=O)C(=Cc1c(C)cc(O)cc1C)NC(C)=O. The summed E-state index contributed by atoms with van der Waals surface area (Å²) in [7, 11) is 1.24. The Morgan fingerprint density at radius 2 is 1.79 bits per heavy atom. The van der Waals surface area contributed by atoms with E-state index < -0.39 is 5.97 Å². The molecule has 1 aromatic carbocycles. The molecular formula is C14H17NO4. The van der Waals surface area contributed by atoms with Crippen LogP contribution >= 0.6 is 0 Å². The van der Waals surface area contributed by atoms with Crippen molar-refractivity contribution in [2.24, 2.45) is 0 Å². The largest absolute Gasteiger partial charge is 0.508 e. The van der Waals surface area contributed by atoms with Gasteiger partial charge in [0.05, 0.1) is 7.11 Å². The summed E-state index contributed by atoms with van der Waals surface area (Å²) < 4.78 is 4.62. The number of esters is 1. The number of aryl methyl sites for hydroxylation is 2. The van der Waals surface area contributed by atoms with Gasteiger partial charge in [0.25, 0.3) is 0 Å². The van der Waals surface area contributed by atoms with Crippen LogP contribution in [-0.2, 0) is 14.3 Å². The number of hydrogen-bond acceptors (Lipinski definition) is 4. The summed E-state index contributed by atoms with van der Waals surface area (Å²) in [6.45, 7) is 4.93. The third kappa shape index (κ3) is 3.84. The van der Waals surface area contributed by atoms with Crippen molar-refractivity contribution in [1.82, 2.24) is 5.32 Å². The number of carbonyl (C=O) groups is 2. The van der Waals surface area contributed by atoms with Gasteiger partial charge in [-0.1, -0.05) is 0 Å². The summed E-state index contributed by atoms with van der Waals surface area (Å²) in [5.41, 5.74) is 2.41. The summed E-state index contributed by atoms with van der Waals surface area (Å²) in [6, 6.07) is 3.17. The van der Waals surface area contributed by atoms with Crippen LogP contribution in [0.3, 0.4) is 0 Å². The molecule has 5 heteroatoms. The monoisotopic (exact) mass is 263 g/mol. The van der Waals surface area contributed by atoms with Gasteiger partial charge in [-0.05, 0) is 48.7 Å². The van der Waals surface area contributed by atoms with Gasteiger partial charge in [0.15, 0.2) is 0 Å². The first-order chi connectivity index (χ1) is 8.85. The zero-order valence-corrected chi connectivity index (χ0v) is 11.4. The number of amides is 1. The second-order valence-corrected chi connectivity index (χ2v) is 4.22. The Morgan fingerprint density at radius 1 is 1.26 bits per heavy atom. The molecule has 0 aliphatic rings. The first-order valence-electron chi connectivity index (χ1n) is 5.73. The Labute approximate surface area is 111 Å². The van der Waals surface area contributed by atoms with E-state index in [0.717, 1.165) is 16.7 Å². The van der Waals surface area contributed by atoms with Gasteiger partial charge in [0, 0.05) is 6.92 Å². The van der Waals surface area contributed by atoms with E-state index in [9.17, 15) is 14.7 Å². The Balaban J connectivity index is 3.29. The number of phenols is 1. The van der Waals surface area contributed by atoms with Gasteiger partial charge in [-0.2, -0.15) is 0 Å². The third-order valence-corrected chi connectivity index (χ3v) is 2.58. The van der Waals surface area contributed by atoms with Crippen LogP contribution in [-0.4, -0.2) is 24.1 Å². The molecule has 1 aromatic rings. The predicted molar refractivity (Wildman–Crippen MR) is 71.4 cm³/mol. The highest BCUT2D eigenvalue weighted by Gasteiger charge is 2.13. The molecule has 5 nitrogen and oxygen atoms in total. The average molecular weight is 263 g/mol. The lowest BCUT2D eigenvalue weighted by Gasteiger charge is -2.10. The normalized spacial score (nSPS) is 11.1. The minimum Gasteiger partial charge on any atom is -0.508 e. The van der Waals surface area contributed by atoms with Crippen molar-refractivity contribution < 1.29 is 19.4 Å². The molecule has 0 bridgehead atoms. The van der Waals surface area contributed by atoms with E-state index in [1.165, 1.54) is 20.1 Å². The number of carbonyl (C=O) groups excluding carboxylic acids is 2. The van der Waals surface area contributed by atoms with Crippen molar-refractivity contribution in [3.05, 3.63) is 34.5 Å². The van der Waals surface area contributed by atoms with E-state index in [4.69, 9.17) is 0 Å². The van der Waals surface area contributed by atoms with Gasteiger partial charge < -0.3 is 15.2 Å². The summed E-state index contributed by atoms with van der Waals surface area (Å²) in [4.78, 5) is 22.7. The number of aromatic hydroxyl groups is 1. The number of benzene rings is 1. The number of rotatable bonds is 3. The summed E-state index contributed by atoms with van der Waals surface area (Å²) in [5, 5.41) is 11.9. The molecule has 2 N–H and O–H groups in total. The maximum Gasteiger partial charge on any atom is 0.354 e. The maximum atomic E-state index is 11.6. The molecule has 0 saturated carbocycles. The zero-order valence-electron chi connectivity index (χ0n) is 11.4. The fourth-order valence-electron chi connectivity index (χ4n) is 1.77. The number of methoxy groups -OCH3 is 1. The van der Waals surface area contributed by atoms with Crippen LogP contribution in [0.4, 0.5) is 0 Å². The molecule has 0 atom stereocenters. The number of nitrogens with one attached hydrogen (secondary N) is 1. The van der Waals surface area contributed by atoms with Crippen molar-refractivity contribution in [1.29, 1.82) is 0 Å². The van der Waals surface area contributed by atoms with Crippen LogP contribution in [0.2, 0.25) is 0 Å². The molecule has 1 amide bonds. The third-order valence-electron chi connectivity index (χ3n) is 2.58. The molecular weight excluding hydrogens is 246 g/mol. The first kappa shape index (κ1) is 14.8. The highest BCUT2D eigenvalue weighted by atomic mass is 16.5. The molecule has 0 saturated heterocycles. The van der Waals surface area contributed by atoms with Gasteiger partial charge >= 0.3 is 5.97 Å². The highest BCUT2D eigenvalue weighted by molar-refractivity contribution is 5.97. The number of phenolic OH excluding ortho intramolecular Hbond substituents is 1. The van der Waals surface area contributed by atoms with Crippen molar-refractivity contribution in [2.45, 2.75) is 20.8 Å². The summed E-state index contributed by atoms with van der Waals surface area (Å²) >= 11 is 0. The molecule has 0 radical (unpaired) electrons. The zero-order chi connectivity index (χ0) is 14.6. The molecule has 1 rings (SSSR count). The lowest BCUT2D eigenvalue weighted by molar-refractivity contribution is -0.137. The van der Waals surface area contributed by atoms with E-state index in [-0.39, 0.29) is 17.4 Å². The van der Waals surface area contributed by atoms with Crippen LogP contribution in [0.15, 0.2) is 17.8 Å². The lowest BCUT2D eigenvalue weighted by Crippen LogP contribution is -2.25. The van der Waals surface area contributed by atoms with Crippen molar-refractivity contribution in [3.63, 3.8) is 0 Å². The van der Waals surface area contributed by atoms with Crippen molar-refractivity contribution >= 4 is 18.0 Å². The van der Waals surface area contributed by atoms with Gasteiger partial charge in [0.1, 0.15) is 11.4 Å². The second-order valence-electron chi connectivity index (χ2n) is 4.22. The highest BCUT2D eigenvalue weighted by Crippen LogP contribution is 2.22. The van der Waals surface area contributed by atoms with Crippen LogP contribution in [0.25, 0.3) is 6.08 Å². The van der Waals surface area contributed by atoms with Gasteiger partial charge in [0.2, 0.25) is 5.91 Å². The molecule has 0 unspecified atom stereocenters. The molecule has 19 heavy (non-hydrogen) atoms. The topological polar surface area (TPSA) is 75.6 Å². The second kappa shape index (κ2) is 6.04. The van der Waals surface area contributed by atoms with Crippen LogP contribution in [0.1, 0.15) is 23.6 Å². The van der Waals surface area contributed by atoms with Gasteiger partial charge in [-0.15, -0.1) is 0 Å². The molecule has 0 fully saturated rings. The molecule has 0 spiro atoms. The Morgan fingerprint density at radius 3 is 2.21 bits per heavy atom. The predicted octanol–water partition coefficient (Wildman–Crippen LogP) is 1.66. The fourth-order valence-corrected chi connectivity index (χ4v) is 1.77. The smallest absolute Gasteiger partial charge is 0.354 e. The minimum atomic E-state index is -0.623. The Hall–Kier alpha value is -2.30. The van der Waals surface area contributed by atoms with Crippen LogP contribution in [0, 0.1) is 13.8 Å². The molecule has 0 heterocycles. The Kier molecular flexibility index (Phi) is 4.69. The summed E-state index contributed by atoms with van der Waals surface area (Å²) in [6.07, 6.45) is 1.54. The van der Waals surface area contributed by atoms with E-state index in [1.807, 2.05) is 0 Å². The number of hydrogen-bond donors (Lipinski definition) is 2. The van der Waals surface area contributed by atoms with Crippen molar-refractivity contribution in [2.75, 3.05) is 7.11 Å². The standard InChI is InChI=1S/C14H17NO4/c1-8-5-11(17)6-9(2)12(8)7-13(14(18)19-4)15-10(3)16/h5-7,17H,1-4H3,(H,15,16). The summed E-state index contributed by atoms with van der Waals surface area (Å²) in [5.74, 6) is -0.820. The first-order valence-corrected chi connectivity index (χ1v) is 5.73. The molecule has 102 valence electrons. The molecule has 0 aromatic heterocycles. The maximum absolute atomic E-state index is 11.6.